The molecule has 2 rings (SSSR count). The van der Waals surface area contributed by atoms with Crippen molar-refractivity contribution < 1.29 is 4.74 Å². The Morgan fingerprint density at radius 3 is 2.71 bits per heavy atom. The number of ether oxygens (including phenoxy) is 1. The summed E-state index contributed by atoms with van der Waals surface area (Å²) in [6.45, 7) is 5.62. The quantitative estimate of drug-likeness (QED) is 0.732. The summed E-state index contributed by atoms with van der Waals surface area (Å²) in [4.78, 5) is 0. The molecule has 0 saturated carbocycles. The van der Waals surface area contributed by atoms with Crippen LogP contribution in [0.3, 0.4) is 0 Å². The van der Waals surface area contributed by atoms with Crippen molar-refractivity contribution in [3.8, 4) is 0 Å². The van der Waals surface area contributed by atoms with E-state index in [1.54, 1.807) is 0 Å². The van der Waals surface area contributed by atoms with Gasteiger partial charge in [0.25, 0.3) is 0 Å². The summed E-state index contributed by atoms with van der Waals surface area (Å²) in [6.07, 6.45) is 6.73. The Morgan fingerprint density at radius 2 is 2.00 bits per heavy atom. The maximum atomic E-state index is 5.40. The minimum Gasteiger partial charge on any atom is -0.381 e. The molecule has 0 aromatic heterocycles. The van der Waals surface area contributed by atoms with Crippen LogP contribution in [0.25, 0.3) is 0 Å². The molecule has 14 heavy (non-hydrogen) atoms. The largest absolute Gasteiger partial charge is 0.381 e. The monoisotopic (exact) mass is 197 g/mol. The molecule has 2 atom stereocenters. The fourth-order valence-corrected chi connectivity index (χ4v) is 2.77. The second-order valence-corrected chi connectivity index (χ2v) is 4.97. The molecule has 82 valence electrons. The minimum absolute atomic E-state index is 0.784. The molecule has 0 aromatic rings. The predicted molar refractivity (Wildman–Crippen MR) is 58.3 cm³/mol. The van der Waals surface area contributed by atoms with Crippen LogP contribution in [0.2, 0.25) is 0 Å². The molecule has 0 spiro atoms. The van der Waals surface area contributed by atoms with Crippen LogP contribution in [-0.4, -0.2) is 25.8 Å². The molecule has 0 aromatic carbocycles. The first-order chi connectivity index (χ1) is 6.86. The van der Waals surface area contributed by atoms with Gasteiger partial charge in [-0.25, -0.2) is 0 Å². The van der Waals surface area contributed by atoms with Gasteiger partial charge in [-0.15, -0.1) is 0 Å². The Labute approximate surface area is 87.4 Å². The number of hydrogen-bond donors (Lipinski definition) is 1. The minimum atomic E-state index is 0.784. The molecule has 2 heteroatoms. The molecule has 2 heterocycles. The van der Waals surface area contributed by atoms with Crippen molar-refractivity contribution in [3.63, 3.8) is 0 Å². The molecule has 2 aliphatic rings. The lowest BCUT2D eigenvalue weighted by Gasteiger charge is -2.34. The van der Waals surface area contributed by atoms with E-state index in [2.05, 4.69) is 12.2 Å². The van der Waals surface area contributed by atoms with Crippen LogP contribution in [0.5, 0.6) is 0 Å². The average Bonchev–Trinajstić information content (AvgIpc) is 2.23. The first kappa shape index (κ1) is 10.4. The average molecular weight is 197 g/mol. The van der Waals surface area contributed by atoms with Gasteiger partial charge in [0, 0.05) is 19.3 Å². The number of nitrogens with one attached hydrogen (secondary N) is 1. The maximum Gasteiger partial charge on any atom is 0.0468 e. The molecule has 0 aliphatic carbocycles. The van der Waals surface area contributed by atoms with Crippen molar-refractivity contribution >= 4 is 0 Å². The van der Waals surface area contributed by atoms with E-state index in [1.807, 2.05) is 0 Å². The Morgan fingerprint density at radius 1 is 1.21 bits per heavy atom. The SMILES string of the molecule is CC1CCCNC1CC1CCOCC1. The highest BCUT2D eigenvalue weighted by molar-refractivity contribution is 4.81. The normalized spacial score (nSPS) is 35.8. The van der Waals surface area contributed by atoms with Crippen LogP contribution in [0.15, 0.2) is 0 Å². The van der Waals surface area contributed by atoms with E-state index in [0.717, 1.165) is 31.1 Å². The summed E-state index contributed by atoms with van der Waals surface area (Å²) in [5.74, 6) is 1.80. The Balaban J connectivity index is 1.76. The molecule has 2 fully saturated rings. The molecular weight excluding hydrogens is 174 g/mol. The van der Waals surface area contributed by atoms with E-state index in [-0.39, 0.29) is 0 Å². The van der Waals surface area contributed by atoms with E-state index in [0.29, 0.717) is 0 Å². The smallest absolute Gasteiger partial charge is 0.0468 e. The lowest BCUT2D eigenvalue weighted by atomic mass is 9.83. The fraction of sp³-hybridized carbons (Fsp3) is 1.00. The summed E-state index contributed by atoms with van der Waals surface area (Å²) in [5, 5.41) is 3.68. The van der Waals surface area contributed by atoms with Crippen molar-refractivity contribution in [1.29, 1.82) is 0 Å². The summed E-state index contributed by atoms with van der Waals surface area (Å²) < 4.78 is 5.40. The summed E-state index contributed by atoms with van der Waals surface area (Å²) in [6, 6.07) is 0.784. The van der Waals surface area contributed by atoms with Crippen LogP contribution in [0.1, 0.15) is 39.0 Å². The van der Waals surface area contributed by atoms with Gasteiger partial charge in [0.2, 0.25) is 0 Å². The number of hydrogen-bond acceptors (Lipinski definition) is 2. The molecular formula is C12H23NO. The van der Waals surface area contributed by atoms with Gasteiger partial charge in [0.15, 0.2) is 0 Å². The van der Waals surface area contributed by atoms with Crippen LogP contribution in [-0.2, 0) is 4.74 Å². The Bertz CT molecular complexity index is 166. The van der Waals surface area contributed by atoms with E-state index in [9.17, 15) is 0 Å². The van der Waals surface area contributed by atoms with Gasteiger partial charge in [-0.1, -0.05) is 6.92 Å². The van der Waals surface area contributed by atoms with E-state index in [4.69, 9.17) is 4.74 Å². The number of piperidine rings is 1. The van der Waals surface area contributed by atoms with Gasteiger partial charge in [0.1, 0.15) is 0 Å². The molecule has 2 aliphatic heterocycles. The maximum absolute atomic E-state index is 5.40. The zero-order valence-corrected chi connectivity index (χ0v) is 9.30. The van der Waals surface area contributed by atoms with Crippen LogP contribution >= 0.6 is 0 Å². The van der Waals surface area contributed by atoms with Gasteiger partial charge in [-0.2, -0.15) is 0 Å². The molecule has 2 unspecified atom stereocenters. The zero-order valence-electron chi connectivity index (χ0n) is 9.30. The Kier molecular flexibility index (Phi) is 3.82. The van der Waals surface area contributed by atoms with Gasteiger partial charge >= 0.3 is 0 Å². The van der Waals surface area contributed by atoms with Crippen LogP contribution in [0, 0.1) is 11.8 Å². The topological polar surface area (TPSA) is 21.3 Å². The second kappa shape index (κ2) is 5.13. The molecule has 0 amide bonds. The Hall–Kier alpha value is -0.0800. The summed E-state index contributed by atoms with van der Waals surface area (Å²) >= 11 is 0. The zero-order chi connectivity index (χ0) is 9.80. The van der Waals surface area contributed by atoms with E-state index < -0.39 is 0 Å². The van der Waals surface area contributed by atoms with Crippen molar-refractivity contribution in [2.75, 3.05) is 19.8 Å². The van der Waals surface area contributed by atoms with Gasteiger partial charge in [0.05, 0.1) is 0 Å². The fourth-order valence-electron chi connectivity index (χ4n) is 2.77. The number of rotatable bonds is 2. The lowest BCUT2D eigenvalue weighted by molar-refractivity contribution is 0.0567. The van der Waals surface area contributed by atoms with Gasteiger partial charge in [-0.3, -0.25) is 0 Å². The third-order valence-electron chi connectivity index (χ3n) is 3.86. The summed E-state index contributed by atoms with van der Waals surface area (Å²) in [7, 11) is 0. The molecule has 1 N–H and O–H groups in total. The third kappa shape index (κ3) is 2.71. The van der Waals surface area contributed by atoms with Gasteiger partial charge < -0.3 is 10.1 Å². The summed E-state index contributed by atoms with van der Waals surface area (Å²) in [5.41, 5.74) is 0. The van der Waals surface area contributed by atoms with E-state index >= 15 is 0 Å². The highest BCUT2D eigenvalue weighted by atomic mass is 16.5. The molecule has 0 bridgehead atoms. The second-order valence-electron chi connectivity index (χ2n) is 4.97. The van der Waals surface area contributed by atoms with Crippen molar-refractivity contribution in [3.05, 3.63) is 0 Å². The first-order valence-corrected chi connectivity index (χ1v) is 6.17. The first-order valence-electron chi connectivity index (χ1n) is 6.17. The third-order valence-corrected chi connectivity index (χ3v) is 3.86. The van der Waals surface area contributed by atoms with Gasteiger partial charge in [-0.05, 0) is 50.5 Å². The van der Waals surface area contributed by atoms with Crippen LogP contribution < -0.4 is 5.32 Å². The molecule has 0 radical (unpaired) electrons. The predicted octanol–water partition coefficient (Wildman–Crippen LogP) is 2.19. The standard InChI is InChI=1S/C12H23NO/c1-10-3-2-6-13-12(10)9-11-4-7-14-8-5-11/h10-13H,2-9H2,1H3. The highest BCUT2D eigenvalue weighted by Gasteiger charge is 2.25. The highest BCUT2D eigenvalue weighted by Crippen LogP contribution is 2.26. The molecule has 2 nitrogen and oxygen atoms in total. The van der Waals surface area contributed by atoms with E-state index in [1.165, 1.54) is 38.6 Å². The van der Waals surface area contributed by atoms with Crippen molar-refractivity contribution in [2.45, 2.75) is 45.1 Å². The van der Waals surface area contributed by atoms with Crippen LogP contribution in [0.4, 0.5) is 0 Å². The van der Waals surface area contributed by atoms with Crippen molar-refractivity contribution in [1.82, 2.24) is 5.32 Å². The van der Waals surface area contributed by atoms with Crippen molar-refractivity contribution in [2.24, 2.45) is 11.8 Å². The lowest BCUT2D eigenvalue weighted by Crippen LogP contribution is -2.41. The molecule has 2 saturated heterocycles.